The molecule has 0 aromatic carbocycles. The van der Waals surface area contributed by atoms with E-state index in [1.54, 1.807) is 4.90 Å². The fourth-order valence-electron chi connectivity index (χ4n) is 2.57. The van der Waals surface area contributed by atoms with E-state index in [-0.39, 0.29) is 12.2 Å². The smallest absolute Gasteiger partial charge is 0.410 e. The molecule has 2 rings (SSSR count). The Balaban J connectivity index is 1.77. The van der Waals surface area contributed by atoms with Crippen molar-refractivity contribution in [3.63, 3.8) is 0 Å². The lowest BCUT2D eigenvalue weighted by Crippen LogP contribution is -2.43. The Kier molecular flexibility index (Phi) is 3.85. The average Bonchev–Trinajstić information content (AvgIpc) is 3.10. The second-order valence-electron chi connectivity index (χ2n) is 6.63. The molecule has 2 aliphatic rings. The largest absolute Gasteiger partial charge is 0.444 e. The highest BCUT2D eigenvalue weighted by Crippen LogP contribution is 2.38. The van der Waals surface area contributed by atoms with E-state index in [1.807, 2.05) is 20.8 Å². The number of hydrogen-bond acceptors (Lipinski definition) is 3. The summed E-state index contributed by atoms with van der Waals surface area (Å²) < 4.78 is 5.36. The lowest BCUT2D eigenvalue weighted by Gasteiger charge is -2.35. The third kappa shape index (κ3) is 3.61. The van der Waals surface area contributed by atoms with Crippen molar-refractivity contribution in [1.82, 2.24) is 4.90 Å². The Morgan fingerprint density at radius 2 is 1.67 bits per heavy atom. The molecule has 1 N–H and O–H groups in total. The van der Waals surface area contributed by atoms with Gasteiger partial charge in [0.25, 0.3) is 0 Å². The van der Waals surface area contributed by atoms with Gasteiger partial charge in [-0.15, -0.1) is 0 Å². The highest BCUT2D eigenvalue weighted by molar-refractivity contribution is 5.68. The Hall–Kier alpha value is -0.770. The number of aliphatic hydroxyl groups is 1. The van der Waals surface area contributed by atoms with Gasteiger partial charge in [0.15, 0.2) is 0 Å². The summed E-state index contributed by atoms with van der Waals surface area (Å²) in [6.07, 6.45) is 3.78. The van der Waals surface area contributed by atoms with Crippen LogP contribution < -0.4 is 0 Å². The van der Waals surface area contributed by atoms with E-state index in [0.29, 0.717) is 24.9 Å². The molecule has 18 heavy (non-hydrogen) atoms. The van der Waals surface area contributed by atoms with Gasteiger partial charge in [0.1, 0.15) is 5.60 Å². The highest BCUT2D eigenvalue weighted by Gasteiger charge is 2.37. The van der Waals surface area contributed by atoms with Gasteiger partial charge in [-0.05, 0) is 58.3 Å². The number of piperidine rings is 1. The Labute approximate surface area is 109 Å². The van der Waals surface area contributed by atoms with Crippen LogP contribution in [0.4, 0.5) is 4.79 Å². The minimum atomic E-state index is -0.429. The number of hydrogen-bond donors (Lipinski definition) is 1. The molecule has 1 atom stereocenters. The first kappa shape index (κ1) is 13.7. The average molecular weight is 255 g/mol. The summed E-state index contributed by atoms with van der Waals surface area (Å²) in [5.41, 5.74) is -0.429. The number of aliphatic hydroxyl groups excluding tert-OH is 1. The van der Waals surface area contributed by atoms with Gasteiger partial charge in [0.05, 0.1) is 6.10 Å². The molecule has 1 saturated heterocycles. The maximum absolute atomic E-state index is 11.9. The third-order valence-electron chi connectivity index (χ3n) is 3.78. The summed E-state index contributed by atoms with van der Waals surface area (Å²) in [5, 5.41) is 10.1. The molecule has 0 bridgehead atoms. The molecular weight excluding hydrogens is 230 g/mol. The van der Waals surface area contributed by atoms with Crippen LogP contribution in [0.1, 0.15) is 46.5 Å². The second-order valence-corrected chi connectivity index (χ2v) is 6.63. The van der Waals surface area contributed by atoms with E-state index < -0.39 is 5.60 Å². The number of amides is 1. The van der Waals surface area contributed by atoms with Crippen molar-refractivity contribution >= 4 is 6.09 Å². The maximum Gasteiger partial charge on any atom is 0.410 e. The first-order valence-electron chi connectivity index (χ1n) is 7.03. The number of ether oxygens (including phenoxy) is 1. The molecule has 1 saturated carbocycles. The van der Waals surface area contributed by atoms with Crippen LogP contribution in [-0.4, -0.2) is 40.9 Å². The third-order valence-corrected chi connectivity index (χ3v) is 3.78. The Morgan fingerprint density at radius 1 is 1.17 bits per heavy atom. The molecule has 1 aliphatic heterocycles. The number of carbonyl (C=O) groups is 1. The Bertz CT molecular complexity index is 299. The fourth-order valence-corrected chi connectivity index (χ4v) is 2.57. The fraction of sp³-hybridized carbons (Fsp3) is 0.929. The van der Waals surface area contributed by atoms with Gasteiger partial charge < -0.3 is 14.7 Å². The van der Waals surface area contributed by atoms with Crippen molar-refractivity contribution in [3.05, 3.63) is 0 Å². The molecule has 1 heterocycles. The van der Waals surface area contributed by atoms with Gasteiger partial charge in [-0.2, -0.15) is 0 Å². The zero-order chi connectivity index (χ0) is 13.3. The minimum absolute atomic E-state index is 0.147. The topological polar surface area (TPSA) is 49.8 Å². The summed E-state index contributed by atoms with van der Waals surface area (Å²) >= 11 is 0. The molecule has 0 spiro atoms. The molecule has 4 heteroatoms. The molecular formula is C14H25NO3. The van der Waals surface area contributed by atoms with Crippen molar-refractivity contribution in [3.8, 4) is 0 Å². The molecule has 4 nitrogen and oxygen atoms in total. The number of carbonyl (C=O) groups excluding carboxylic acids is 1. The lowest BCUT2D eigenvalue weighted by molar-refractivity contribution is 0.00481. The monoisotopic (exact) mass is 255 g/mol. The van der Waals surface area contributed by atoms with Crippen LogP contribution in [0.3, 0.4) is 0 Å². The summed E-state index contributed by atoms with van der Waals surface area (Å²) in [6, 6.07) is 0. The van der Waals surface area contributed by atoms with Gasteiger partial charge in [-0.3, -0.25) is 0 Å². The molecule has 0 aromatic rings. The number of nitrogens with zero attached hydrogens (tertiary/aromatic N) is 1. The van der Waals surface area contributed by atoms with Crippen molar-refractivity contribution < 1.29 is 14.6 Å². The second kappa shape index (κ2) is 5.08. The summed E-state index contributed by atoms with van der Waals surface area (Å²) in [6.45, 7) is 7.07. The molecule has 1 unspecified atom stereocenters. The number of likely N-dealkylation sites (tertiary alicyclic amines) is 1. The number of rotatable bonds is 2. The quantitative estimate of drug-likeness (QED) is 0.824. The van der Waals surface area contributed by atoms with Crippen LogP contribution in [0.2, 0.25) is 0 Å². The van der Waals surface area contributed by atoms with Crippen molar-refractivity contribution in [2.24, 2.45) is 11.8 Å². The maximum atomic E-state index is 11.9. The standard InChI is InChI=1S/C14H25NO3/c1-14(2,3)18-13(17)15-8-6-11(7-9-15)12(16)10-4-5-10/h10-12,16H,4-9H2,1-3H3. The van der Waals surface area contributed by atoms with Crippen LogP contribution in [-0.2, 0) is 4.74 Å². The van der Waals surface area contributed by atoms with Crippen LogP contribution in [0.25, 0.3) is 0 Å². The summed E-state index contributed by atoms with van der Waals surface area (Å²) in [5.74, 6) is 0.902. The normalized spacial score (nSPS) is 23.9. The molecule has 104 valence electrons. The molecule has 0 radical (unpaired) electrons. The first-order chi connectivity index (χ1) is 8.37. The van der Waals surface area contributed by atoms with E-state index in [0.717, 1.165) is 12.8 Å². The van der Waals surface area contributed by atoms with Crippen molar-refractivity contribution in [2.45, 2.75) is 58.2 Å². The molecule has 0 aromatic heterocycles. The molecule has 1 aliphatic carbocycles. The van der Waals surface area contributed by atoms with Crippen LogP contribution >= 0.6 is 0 Å². The Morgan fingerprint density at radius 3 is 2.11 bits per heavy atom. The van der Waals surface area contributed by atoms with Crippen LogP contribution in [0.5, 0.6) is 0 Å². The van der Waals surface area contributed by atoms with Crippen LogP contribution in [0, 0.1) is 11.8 Å². The van der Waals surface area contributed by atoms with E-state index in [4.69, 9.17) is 4.74 Å². The van der Waals surface area contributed by atoms with E-state index in [9.17, 15) is 9.90 Å². The zero-order valence-corrected chi connectivity index (χ0v) is 11.7. The highest BCUT2D eigenvalue weighted by atomic mass is 16.6. The summed E-state index contributed by atoms with van der Waals surface area (Å²) in [4.78, 5) is 13.6. The molecule has 1 amide bonds. The van der Waals surface area contributed by atoms with Crippen molar-refractivity contribution in [2.75, 3.05) is 13.1 Å². The zero-order valence-electron chi connectivity index (χ0n) is 11.7. The summed E-state index contributed by atoms with van der Waals surface area (Å²) in [7, 11) is 0. The van der Waals surface area contributed by atoms with Gasteiger partial charge in [-0.25, -0.2) is 4.79 Å². The SMILES string of the molecule is CC(C)(C)OC(=O)N1CCC(C(O)C2CC2)CC1. The lowest BCUT2D eigenvalue weighted by atomic mass is 9.89. The van der Waals surface area contributed by atoms with E-state index in [2.05, 4.69) is 0 Å². The van der Waals surface area contributed by atoms with Gasteiger partial charge >= 0.3 is 6.09 Å². The minimum Gasteiger partial charge on any atom is -0.444 e. The van der Waals surface area contributed by atoms with Gasteiger partial charge in [-0.1, -0.05) is 0 Å². The van der Waals surface area contributed by atoms with Crippen molar-refractivity contribution in [1.29, 1.82) is 0 Å². The molecule has 2 fully saturated rings. The van der Waals surface area contributed by atoms with E-state index in [1.165, 1.54) is 12.8 Å². The van der Waals surface area contributed by atoms with E-state index >= 15 is 0 Å². The predicted octanol–water partition coefficient (Wildman–Crippen LogP) is 2.40. The first-order valence-corrected chi connectivity index (χ1v) is 7.03. The predicted molar refractivity (Wildman–Crippen MR) is 69.3 cm³/mol. The van der Waals surface area contributed by atoms with Crippen LogP contribution in [0.15, 0.2) is 0 Å². The van der Waals surface area contributed by atoms with Gasteiger partial charge in [0, 0.05) is 13.1 Å². The van der Waals surface area contributed by atoms with Gasteiger partial charge in [0.2, 0.25) is 0 Å².